The van der Waals surface area contributed by atoms with E-state index in [0.717, 1.165) is 0 Å². The third-order valence-electron chi connectivity index (χ3n) is 2.56. The zero-order chi connectivity index (χ0) is 15.9. The minimum Gasteiger partial charge on any atom is -0.387 e. The van der Waals surface area contributed by atoms with Gasteiger partial charge in [-0.15, -0.1) is 0 Å². The van der Waals surface area contributed by atoms with Crippen molar-refractivity contribution in [2.24, 2.45) is 0 Å². The minimum absolute atomic E-state index is 2.09. The van der Waals surface area contributed by atoms with Crippen LogP contribution >= 0.6 is 15.6 Å². The van der Waals surface area contributed by atoms with Gasteiger partial charge in [0.2, 0.25) is 0 Å². The van der Waals surface area contributed by atoms with Gasteiger partial charge >= 0.3 is 15.6 Å². The number of aliphatic hydroxyl groups is 4. The average Bonchev–Trinajstić information content (AvgIpc) is 2.25. The van der Waals surface area contributed by atoms with Crippen LogP contribution in [-0.4, -0.2) is 76.6 Å². The number of hydrogen-bond donors (Lipinski definition) is 8. The van der Waals surface area contributed by atoms with Crippen molar-refractivity contribution < 1.29 is 58.2 Å². The summed E-state index contributed by atoms with van der Waals surface area (Å²) in [5.41, 5.74) is 0. The molecule has 4 unspecified atom stereocenters. The van der Waals surface area contributed by atoms with Crippen molar-refractivity contribution in [1.82, 2.24) is 0 Å². The van der Waals surface area contributed by atoms with Gasteiger partial charge in [0, 0.05) is 0 Å². The Morgan fingerprint density at radius 3 is 0.950 bits per heavy atom. The standard InChI is InChI=1S/C6H14O12P2/c7-1-2(8)6(18-20(14,15)16)4(10)3(9)5(1)17-19(11,12)13/h1-10H,(H2,11,12,13)(H2,14,15,16). The lowest BCUT2D eigenvalue weighted by atomic mass is 9.85. The molecule has 0 aromatic heterocycles. The number of phosphoric ester groups is 2. The molecule has 20 heavy (non-hydrogen) atoms. The quantitative estimate of drug-likeness (QED) is 0.233. The lowest BCUT2D eigenvalue weighted by Crippen LogP contribution is -2.64. The van der Waals surface area contributed by atoms with Crippen LogP contribution in [0.5, 0.6) is 0 Å². The second-order valence-electron chi connectivity index (χ2n) is 4.08. The molecule has 12 nitrogen and oxygen atoms in total. The van der Waals surface area contributed by atoms with Crippen molar-refractivity contribution in [3.8, 4) is 0 Å². The molecule has 0 bridgehead atoms. The van der Waals surface area contributed by atoms with Crippen LogP contribution in [0.15, 0.2) is 0 Å². The van der Waals surface area contributed by atoms with E-state index >= 15 is 0 Å². The van der Waals surface area contributed by atoms with Crippen LogP contribution in [0.3, 0.4) is 0 Å². The van der Waals surface area contributed by atoms with Crippen molar-refractivity contribution >= 4 is 15.6 Å². The first-order chi connectivity index (χ1) is 8.83. The zero-order valence-corrected chi connectivity index (χ0v) is 11.4. The van der Waals surface area contributed by atoms with E-state index in [4.69, 9.17) is 19.6 Å². The number of phosphoric acid groups is 2. The lowest BCUT2D eigenvalue weighted by Gasteiger charge is -2.42. The molecule has 0 aliphatic heterocycles. The molecule has 0 heterocycles. The highest BCUT2D eigenvalue weighted by atomic mass is 31.2. The van der Waals surface area contributed by atoms with Crippen molar-refractivity contribution in [2.45, 2.75) is 36.6 Å². The van der Waals surface area contributed by atoms with E-state index in [9.17, 15) is 29.6 Å². The van der Waals surface area contributed by atoms with Crippen LogP contribution in [0.25, 0.3) is 0 Å². The third-order valence-corrected chi connectivity index (χ3v) is 3.60. The van der Waals surface area contributed by atoms with E-state index in [1.165, 1.54) is 0 Å². The van der Waals surface area contributed by atoms with Crippen LogP contribution in [0, 0.1) is 0 Å². The maximum atomic E-state index is 10.6. The predicted octanol–water partition coefficient (Wildman–Crippen LogP) is -3.60. The van der Waals surface area contributed by atoms with E-state index < -0.39 is 52.3 Å². The molecule has 0 radical (unpaired) electrons. The normalized spacial score (nSPS) is 39.8. The fourth-order valence-electron chi connectivity index (χ4n) is 1.75. The number of rotatable bonds is 4. The van der Waals surface area contributed by atoms with Crippen LogP contribution < -0.4 is 0 Å². The van der Waals surface area contributed by atoms with Crippen molar-refractivity contribution in [3.63, 3.8) is 0 Å². The summed E-state index contributed by atoms with van der Waals surface area (Å²) < 4.78 is 29.3. The van der Waals surface area contributed by atoms with E-state index in [-0.39, 0.29) is 0 Å². The molecule has 0 amide bonds. The Kier molecular flexibility index (Phi) is 5.48. The number of hydrogen-bond acceptors (Lipinski definition) is 8. The van der Waals surface area contributed by atoms with Crippen LogP contribution in [0.2, 0.25) is 0 Å². The van der Waals surface area contributed by atoms with Crippen molar-refractivity contribution in [3.05, 3.63) is 0 Å². The van der Waals surface area contributed by atoms with Gasteiger partial charge in [0.1, 0.15) is 36.6 Å². The number of aliphatic hydroxyl groups excluding tert-OH is 4. The van der Waals surface area contributed by atoms with Crippen LogP contribution in [-0.2, 0) is 18.2 Å². The van der Waals surface area contributed by atoms with Gasteiger partial charge in [-0.05, 0) is 0 Å². The molecule has 4 atom stereocenters. The first-order valence-electron chi connectivity index (χ1n) is 5.03. The molecule has 1 saturated carbocycles. The predicted molar refractivity (Wildman–Crippen MR) is 57.9 cm³/mol. The van der Waals surface area contributed by atoms with Crippen molar-refractivity contribution in [2.75, 3.05) is 0 Å². The molecule has 1 fully saturated rings. The van der Waals surface area contributed by atoms with Gasteiger partial charge in [-0.1, -0.05) is 0 Å². The highest BCUT2D eigenvalue weighted by Crippen LogP contribution is 2.45. The van der Waals surface area contributed by atoms with Gasteiger partial charge in [0.05, 0.1) is 0 Å². The van der Waals surface area contributed by atoms with Crippen molar-refractivity contribution in [1.29, 1.82) is 0 Å². The molecule has 8 N–H and O–H groups in total. The zero-order valence-electron chi connectivity index (χ0n) is 9.57. The maximum absolute atomic E-state index is 10.6. The average molecular weight is 340 g/mol. The second kappa shape index (κ2) is 6.05. The summed E-state index contributed by atoms with van der Waals surface area (Å²) in [5, 5.41) is 38.1. The second-order valence-corrected chi connectivity index (χ2v) is 6.47. The van der Waals surface area contributed by atoms with E-state index in [1.54, 1.807) is 0 Å². The Balaban J connectivity index is 2.96. The first-order valence-corrected chi connectivity index (χ1v) is 8.10. The molecule has 0 aromatic carbocycles. The van der Waals surface area contributed by atoms with Gasteiger partial charge < -0.3 is 40.0 Å². The van der Waals surface area contributed by atoms with Gasteiger partial charge in [0.15, 0.2) is 0 Å². The molecule has 1 aliphatic carbocycles. The Hall–Kier alpha value is 0.0600. The summed E-state index contributed by atoms with van der Waals surface area (Å²) in [6.45, 7) is 0. The van der Waals surface area contributed by atoms with E-state index in [0.29, 0.717) is 0 Å². The fourth-order valence-corrected chi connectivity index (χ4v) is 2.88. The molecular formula is C6H14O12P2. The molecule has 0 saturated heterocycles. The molecule has 120 valence electrons. The van der Waals surface area contributed by atoms with Gasteiger partial charge in [-0.2, -0.15) is 0 Å². The Morgan fingerprint density at radius 2 is 0.800 bits per heavy atom. The third kappa shape index (κ3) is 4.53. The molecular weight excluding hydrogens is 326 g/mol. The minimum atomic E-state index is -5.16. The topological polar surface area (TPSA) is 214 Å². The largest absolute Gasteiger partial charge is 0.470 e. The highest BCUT2D eigenvalue weighted by molar-refractivity contribution is 7.46. The van der Waals surface area contributed by atoms with E-state index in [1.807, 2.05) is 0 Å². The summed E-state index contributed by atoms with van der Waals surface area (Å²) in [6, 6.07) is 0. The lowest BCUT2D eigenvalue weighted by molar-refractivity contribution is -0.215. The highest BCUT2D eigenvalue weighted by Gasteiger charge is 2.53. The van der Waals surface area contributed by atoms with Crippen LogP contribution in [0.1, 0.15) is 0 Å². The molecule has 14 heteroatoms. The SMILES string of the molecule is O=P(O)(O)OC1C(O)C(O)C(OP(=O)(O)O)C(O)C1O. The molecule has 0 aromatic rings. The summed E-state index contributed by atoms with van der Waals surface area (Å²) in [6.07, 6.45) is -12.8. The summed E-state index contributed by atoms with van der Waals surface area (Å²) in [4.78, 5) is 34.3. The molecule has 1 rings (SSSR count). The first kappa shape index (κ1) is 18.1. The fraction of sp³-hybridized carbons (Fsp3) is 1.00. The van der Waals surface area contributed by atoms with Gasteiger partial charge in [0.25, 0.3) is 0 Å². The van der Waals surface area contributed by atoms with Crippen LogP contribution in [0.4, 0.5) is 0 Å². The Labute approximate surface area is 111 Å². The summed E-state index contributed by atoms with van der Waals surface area (Å²) in [7, 11) is -10.3. The van der Waals surface area contributed by atoms with E-state index in [2.05, 4.69) is 9.05 Å². The smallest absolute Gasteiger partial charge is 0.387 e. The maximum Gasteiger partial charge on any atom is 0.470 e. The molecule has 1 aliphatic rings. The summed E-state index contributed by atoms with van der Waals surface area (Å²) in [5.74, 6) is 0. The van der Waals surface area contributed by atoms with Gasteiger partial charge in [-0.25, -0.2) is 9.13 Å². The van der Waals surface area contributed by atoms with Gasteiger partial charge in [-0.3, -0.25) is 9.05 Å². The Morgan fingerprint density at radius 1 is 0.600 bits per heavy atom. The Bertz CT molecular complexity index is 372. The molecule has 0 spiro atoms. The monoisotopic (exact) mass is 340 g/mol. The summed E-state index contributed by atoms with van der Waals surface area (Å²) >= 11 is 0.